The molecular formula is C23H25N3O4. The van der Waals surface area contributed by atoms with Crippen molar-refractivity contribution in [1.29, 1.82) is 0 Å². The Balaban J connectivity index is 1.26. The van der Waals surface area contributed by atoms with Gasteiger partial charge < -0.3 is 19.3 Å². The Hall–Kier alpha value is -3.35. The fourth-order valence-electron chi connectivity index (χ4n) is 3.48. The van der Waals surface area contributed by atoms with Gasteiger partial charge >= 0.3 is 0 Å². The number of fused-ring (bicyclic) bond motifs is 1. The Morgan fingerprint density at radius 3 is 2.60 bits per heavy atom. The fourth-order valence-corrected chi connectivity index (χ4v) is 3.48. The molecule has 4 rings (SSSR count). The number of rotatable bonds is 8. The van der Waals surface area contributed by atoms with Crippen LogP contribution in [0, 0.1) is 0 Å². The second-order valence-corrected chi connectivity index (χ2v) is 7.17. The van der Waals surface area contributed by atoms with Crippen molar-refractivity contribution in [3.8, 4) is 22.9 Å². The highest BCUT2D eigenvalue weighted by molar-refractivity contribution is 5.77. The maximum absolute atomic E-state index is 12.1. The number of hydrogen-bond donors (Lipinski definition) is 1. The maximum atomic E-state index is 12.1. The second kappa shape index (κ2) is 9.43. The van der Waals surface area contributed by atoms with E-state index < -0.39 is 0 Å². The zero-order valence-corrected chi connectivity index (χ0v) is 17.0. The topological polar surface area (TPSA) is 86.5 Å². The molecule has 1 aromatic heterocycles. The first-order valence-electron chi connectivity index (χ1n) is 10.3. The van der Waals surface area contributed by atoms with Crippen molar-refractivity contribution in [2.45, 2.75) is 39.2 Å². The van der Waals surface area contributed by atoms with E-state index in [0.717, 1.165) is 29.9 Å². The molecule has 0 saturated heterocycles. The van der Waals surface area contributed by atoms with Gasteiger partial charge in [0.15, 0.2) is 6.61 Å². The highest BCUT2D eigenvalue weighted by Gasteiger charge is 2.12. The van der Waals surface area contributed by atoms with Gasteiger partial charge in [-0.25, -0.2) is 0 Å². The van der Waals surface area contributed by atoms with Gasteiger partial charge in [0.1, 0.15) is 11.5 Å². The number of benzene rings is 2. The number of nitrogens with zero attached hydrogens (tertiary/aromatic N) is 2. The van der Waals surface area contributed by atoms with Crippen molar-refractivity contribution in [3.05, 3.63) is 59.5 Å². The van der Waals surface area contributed by atoms with E-state index in [0.29, 0.717) is 18.3 Å². The lowest BCUT2D eigenvalue weighted by Gasteiger charge is -2.16. The average molecular weight is 407 g/mol. The van der Waals surface area contributed by atoms with Crippen molar-refractivity contribution in [3.63, 3.8) is 0 Å². The van der Waals surface area contributed by atoms with Crippen LogP contribution in [0.1, 0.15) is 36.8 Å². The lowest BCUT2D eigenvalue weighted by atomic mass is 9.92. The molecular weight excluding hydrogens is 382 g/mol. The monoisotopic (exact) mass is 407 g/mol. The molecule has 1 amide bonds. The van der Waals surface area contributed by atoms with Gasteiger partial charge in [0.05, 0.1) is 13.2 Å². The summed E-state index contributed by atoms with van der Waals surface area (Å²) in [5, 5.41) is 6.71. The van der Waals surface area contributed by atoms with E-state index in [1.54, 1.807) is 0 Å². The van der Waals surface area contributed by atoms with Gasteiger partial charge in [-0.2, -0.15) is 4.98 Å². The standard InChI is InChI=1S/C23H25N3O4/c1-2-28-19-10-8-17(9-11-19)23-25-22(30-26-23)14-24-21(27)15-29-20-12-7-16-5-3-4-6-18(16)13-20/h7-13H,2-6,14-15H2,1H3,(H,24,27). The third-order valence-corrected chi connectivity index (χ3v) is 5.02. The van der Waals surface area contributed by atoms with Crippen molar-refractivity contribution in [2.24, 2.45) is 0 Å². The summed E-state index contributed by atoms with van der Waals surface area (Å²) in [6, 6.07) is 13.5. The highest BCUT2D eigenvalue weighted by atomic mass is 16.5. The van der Waals surface area contributed by atoms with Crippen LogP contribution < -0.4 is 14.8 Å². The Bertz CT molecular complexity index is 998. The fraction of sp³-hybridized carbons (Fsp3) is 0.348. The molecule has 1 aliphatic rings. The summed E-state index contributed by atoms with van der Waals surface area (Å²) in [5.41, 5.74) is 3.53. The first-order valence-corrected chi connectivity index (χ1v) is 10.3. The Kier molecular flexibility index (Phi) is 6.27. The summed E-state index contributed by atoms with van der Waals surface area (Å²) < 4.78 is 16.3. The Morgan fingerprint density at radius 1 is 1.03 bits per heavy atom. The highest BCUT2D eigenvalue weighted by Crippen LogP contribution is 2.25. The molecule has 0 bridgehead atoms. The van der Waals surface area contributed by atoms with Crippen LogP contribution in [0.3, 0.4) is 0 Å². The molecule has 156 valence electrons. The molecule has 0 unspecified atom stereocenters. The first-order chi connectivity index (χ1) is 14.7. The van der Waals surface area contributed by atoms with E-state index in [-0.39, 0.29) is 19.1 Å². The van der Waals surface area contributed by atoms with Crippen LogP contribution in [0.4, 0.5) is 0 Å². The van der Waals surface area contributed by atoms with E-state index in [1.807, 2.05) is 43.3 Å². The number of carbonyl (C=O) groups is 1. The minimum absolute atomic E-state index is 0.0569. The van der Waals surface area contributed by atoms with Crippen LogP contribution in [0.2, 0.25) is 0 Å². The lowest BCUT2D eigenvalue weighted by Crippen LogP contribution is -2.28. The van der Waals surface area contributed by atoms with E-state index >= 15 is 0 Å². The smallest absolute Gasteiger partial charge is 0.258 e. The van der Waals surface area contributed by atoms with Crippen LogP contribution in [0.5, 0.6) is 11.5 Å². The normalized spacial score (nSPS) is 12.8. The van der Waals surface area contributed by atoms with Crippen molar-refractivity contribution in [1.82, 2.24) is 15.5 Å². The number of hydrogen-bond acceptors (Lipinski definition) is 6. The van der Waals surface area contributed by atoms with Gasteiger partial charge in [-0.3, -0.25) is 4.79 Å². The summed E-state index contributed by atoms with van der Waals surface area (Å²) in [7, 11) is 0. The number of nitrogens with one attached hydrogen (secondary N) is 1. The van der Waals surface area contributed by atoms with E-state index in [2.05, 4.69) is 21.5 Å². The van der Waals surface area contributed by atoms with Crippen LogP contribution in [0.15, 0.2) is 47.0 Å². The minimum atomic E-state index is -0.242. The van der Waals surface area contributed by atoms with Crippen LogP contribution in [-0.4, -0.2) is 29.3 Å². The van der Waals surface area contributed by atoms with Gasteiger partial charge in [-0.05, 0) is 80.1 Å². The number of aryl methyl sites for hydroxylation is 2. The molecule has 7 nitrogen and oxygen atoms in total. The van der Waals surface area contributed by atoms with Gasteiger partial charge in [0.25, 0.3) is 5.91 Å². The SMILES string of the molecule is CCOc1ccc(-c2noc(CNC(=O)COc3ccc4c(c3)CCCC4)n2)cc1. The maximum Gasteiger partial charge on any atom is 0.258 e. The number of amides is 1. The van der Waals surface area contributed by atoms with Gasteiger partial charge in [0.2, 0.25) is 11.7 Å². The number of carbonyl (C=O) groups excluding carboxylic acids is 1. The number of aromatic nitrogens is 2. The summed E-state index contributed by atoms with van der Waals surface area (Å²) in [6.45, 7) is 2.64. The van der Waals surface area contributed by atoms with E-state index in [9.17, 15) is 4.79 Å². The third kappa shape index (κ3) is 4.97. The molecule has 0 saturated carbocycles. The largest absolute Gasteiger partial charge is 0.494 e. The molecule has 2 aromatic carbocycles. The summed E-state index contributed by atoms with van der Waals surface area (Å²) in [6.07, 6.45) is 4.65. The molecule has 1 heterocycles. The predicted octanol–water partition coefficient (Wildman–Crippen LogP) is 3.71. The zero-order valence-electron chi connectivity index (χ0n) is 17.0. The number of ether oxygens (including phenoxy) is 2. The second-order valence-electron chi connectivity index (χ2n) is 7.17. The van der Waals surface area contributed by atoms with E-state index in [1.165, 1.54) is 24.0 Å². The van der Waals surface area contributed by atoms with Crippen molar-refractivity contribution < 1.29 is 18.8 Å². The molecule has 0 spiro atoms. The van der Waals surface area contributed by atoms with Gasteiger partial charge in [0, 0.05) is 5.56 Å². The minimum Gasteiger partial charge on any atom is -0.494 e. The summed E-state index contributed by atoms with van der Waals surface area (Å²) in [5.74, 6) is 2.07. The Labute approximate surface area is 175 Å². The third-order valence-electron chi connectivity index (χ3n) is 5.02. The molecule has 7 heteroatoms. The molecule has 0 atom stereocenters. The zero-order chi connectivity index (χ0) is 20.8. The molecule has 0 aliphatic heterocycles. The molecule has 1 N–H and O–H groups in total. The predicted molar refractivity (Wildman–Crippen MR) is 111 cm³/mol. The average Bonchev–Trinajstić information content (AvgIpc) is 3.26. The van der Waals surface area contributed by atoms with Crippen molar-refractivity contribution >= 4 is 5.91 Å². The van der Waals surface area contributed by atoms with Crippen LogP contribution in [-0.2, 0) is 24.2 Å². The van der Waals surface area contributed by atoms with Gasteiger partial charge in [-0.15, -0.1) is 0 Å². The summed E-state index contributed by atoms with van der Waals surface area (Å²) >= 11 is 0. The van der Waals surface area contributed by atoms with Gasteiger partial charge in [-0.1, -0.05) is 11.2 Å². The summed E-state index contributed by atoms with van der Waals surface area (Å²) in [4.78, 5) is 16.4. The molecule has 1 aliphatic carbocycles. The molecule has 3 aromatic rings. The molecule has 0 fully saturated rings. The van der Waals surface area contributed by atoms with Crippen LogP contribution >= 0.6 is 0 Å². The van der Waals surface area contributed by atoms with Crippen molar-refractivity contribution in [2.75, 3.05) is 13.2 Å². The molecule has 30 heavy (non-hydrogen) atoms. The first kappa shape index (κ1) is 19.9. The van der Waals surface area contributed by atoms with E-state index in [4.69, 9.17) is 14.0 Å². The lowest BCUT2D eigenvalue weighted by molar-refractivity contribution is -0.123. The Morgan fingerprint density at radius 2 is 1.80 bits per heavy atom. The quantitative estimate of drug-likeness (QED) is 0.613. The van der Waals surface area contributed by atoms with Crippen LogP contribution in [0.25, 0.3) is 11.4 Å². The molecule has 0 radical (unpaired) electrons.